The van der Waals surface area contributed by atoms with E-state index in [4.69, 9.17) is 0 Å². The molecule has 7 heteroatoms. The number of likely N-dealkylation sites (tertiary alicyclic amines) is 1. The van der Waals surface area contributed by atoms with Crippen molar-refractivity contribution in [1.29, 1.82) is 0 Å². The van der Waals surface area contributed by atoms with Gasteiger partial charge < -0.3 is 5.32 Å². The van der Waals surface area contributed by atoms with Crippen LogP contribution in [0.15, 0.2) is 47.4 Å². The molecule has 2 saturated heterocycles. The molecule has 2 aromatic carbocycles. The third kappa shape index (κ3) is 5.83. The van der Waals surface area contributed by atoms with Crippen molar-refractivity contribution in [2.24, 2.45) is 0 Å². The molecule has 178 valence electrons. The van der Waals surface area contributed by atoms with Crippen molar-refractivity contribution >= 4 is 15.9 Å². The van der Waals surface area contributed by atoms with Crippen LogP contribution < -0.4 is 5.32 Å². The Hall–Kier alpha value is -2.22. The van der Waals surface area contributed by atoms with Crippen molar-refractivity contribution in [2.45, 2.75) is 63.4 Å². The molecule has 0 aliphatic carbocycles. The van der Waals surface area contributed by atoms with Gasteiger partial charge in [0.25, 0.3) is 5.91 Å². The number of nitrogens with zero attached hydrogens (tertiary/aromatic N) is 2. The smallest absolute Gasteiger partial charge is 0.251 e. The number of carbonyl (C=O) groups excluding carboxylic acids is 1. The standard InChI is InChI=1S/C26H35N3O3S/c1-21-12-13-22(18-25(21)33(31,32)29-16-6-2-3-7-17-29)26(30)27-19-23-10-4-5-11-24(23)20-28-14-8-9-15-28/h4-5,10-13,18H,2-3,6-9,14-17,19-20H2,1H3,(H,27,30). The Morgan fingerprint density at radius 3 is 2.21 bits per heavy atom. The molecule has 33 heavy (non-hydrogen) atoms. The third-order valence-corrected chi connectivity index (χ3v) is 8.82. The summed E-state index contributed by atoms with van der Waals surface area (Å²) in [5.41, 5.74) is 3.38. The summed E-state index contributed by atoms with van der Waals surface area (Å²) in [5.74, 6) is -0.252. The lowest BCUT2D eigenvalue weighted by Gasteiger charge is -2.21. The highest BCUT2D eigenvalue weighted by Crippen LogP contribution is 2.24. The molecular formula is C26H35N3O3S. The monoisotopic (exact) mass is 469 g/mol. The molecule has 6 nitrogen and oxygen atoms in total. The molecule has 2 fully saturated rings. The second-order valence-electron chi connectivity index (χ2n) is 9.23. The minimum atomic E-state index is -3.61. The van der Waals surface area contributed by atoms with Crippen LogP contribution in [0.1, 0.15) is 65.6 Å². The molecule has 0 radical (unpaired) electrons. The summed E-state index contributed by atoms with van der Waals surface area (Å²) in [6.07, 6.45) is 6.38. The van der Waals surface area contributed by atoms with Gasteiger partial charge in [0.05, 0.1) is 4.90 Å². The number of amides is 1. The maximum Gasteiger partial charge on any atom is 0.251 e. The first-order valence-corrected chi connectivity index (χ1v) is 13.6. The van der Waals surface area contributed by atoms with Gasteiger partial charge in [-0.25, -0.2) is 8.42 Å². The molecule has 2 aliphatic heterocycles. The van der Waals surface area contributed by atoms with Crippen LogP contribution in [0.2, 0.25) is 0 Å². The number of carbonyl (C=O) groups is 1. The van der Waals surface area contributed by atoms with Gasteiger partial charge in [-0.2, -0.15) is 4.31 Å². The van der Waals surface area contributed by atoms with Gasteiger partial charge in [-0.3, -0.25) is 9.69 Å². The van der Waals surface area contributed by atoms with Gasteiger partial charge in [0.15, 0.2) is 0 Å². The van der Waals surface area contributed by atoms with E-state index in [1.807, 2.05) is 12.1 Å². The molecule has 0 unspecified atom stereocenters. The average molecular weight is 470 g/mol. The Balaban J connectivity index is 1.47. The Labute approximate surface area is 198 Å². The molecule has 1 N–H and O–H groups in total. The fraction of sp³-hybridized carbons (Fsp3) is 0.500. The number of nitrogens with one attached hydrogen (secondary N) is 1. The van der Waals surface area contributed by atoms with Crippen LogP contribution >= 0.6 is 0 Å². The number of hydrogen-bond acceptors (Lipinski definition) is 4. The molecule has 2 aliphatic rings. The Morgan fingerprint density at radius 1 is 0.879 bits per heavy atom. The zero-order valence-electron chi connectivity index (χ0n) is 19.6. The summed E-state index contributed by atoms with van der Waals surface area (Å²) in [4.78, 5) is 15.7. The summed E-state index contributed by atoms with van der Waals surface area (Å²) < 4.78 is 28.2. The molecular weight excluding hydrogens is 434 g/mol. The summed E-state index contributed by atoms with van der Waals surface area (Å²) >= 11 is 0. The van der Waals surface area contributed by atoms with Crippen LogP contribution in [0.5, 0.6) is 0 Å². The fourth-order valence-electron chi connectivity index (χ4n) is 4.78. The predicted molar refractivity (Wildman–Crippen MR) is 131 cm³/mol. The molecule has 2 aromatic rings. The number of hydrogen-bond donors (Lipinski definition) is 1. The van der Waals surface area contributed by atoms with E-state index in [2.05, 4.69) is 22.3 Å². The summed E-state index contributed by atoms with van der Waals surface area (Å²) in [7, 11) is -3.61. The number of sulfonamides is 1. The molecule has 0 saturated carbocycles. The Bertz CT molecular complexity index is 1070. The van der Waals surface area contributed by atoms with Crippen molar-refractivity contribution in [2.75, 3.05) is 26.2 Å². The summed E-state index contributed by atoms with van der Waals surface area (Å²) in [6.45, 7) is 6.45. The molecule has 4 rings (SSSR count). The predicted octanol–water partition coefficient (Wildman–Crippen LogP) is 4.09. The zero-order valence-corrected chi connectivity index (χ0v) is 20.4. The van der Waals surface area contributed by atoms with Crippen LogP contribution in [-0.4, -0.2) is 49.7 Å². The van der Waals surface area contributed by atoms with Crippen LogP contribution in [0.4, 0.5) is 0 Å². The van der Waals surface area contributed by atoms with Gasteiger partial charge in [-0.15, -0.1) is 0 Å². The van der Waals surface area contributed by atoms with E-state index >= 15 is 0 Å². The molecule has 0 aromatic heterocycles. The van der Waals surface area contributed by atoms with E-state index in [1.165, 1.54) is 18.4 Å². The average Bonchev–Trinajstić information content (AvgIpc) is 3.16. The number of aryl methyl sites for hydroxylation is 1. The Morgan fingerprint density at radius 2 is 1.52 bits per heavy atom. The lowest BCUT2D eigenvalue weighted by molar-refractivity contribution is 0.0950. The highest BCUT2D eigenvalue weighted by Gasteiger charge is 2.27. The largest absolute Gasteiger partial charge is 0.348 e. The van der Waals surface area contributed by atoms with Crippen LogP contribution in [0.3, 0.4) is 0 Å². The number of benzene rings is 2. The highest BCUT2D eigenvalue weighted by molar-refractivity contribution is 7.89. The fourth-order valence-corrected chi connectivity index (χ4v) is 6.55. The Kier molecular flexibility index (Phi) is 7.83. The van der Waals surface area contributed by atoms with Crippen LogP contribution in [0.25, 0.3) is 0 Å². The topological polar surface area (TPSA) is 69.7 Å². The first-order chi connectivity index (χ1) is 15.9. The second kappa shape index (κ2) is 10.8. The third-order valence-electron chi connectivity index (χ3n) is 6.78. The van der Waals surface area contributed by atoms with Gasteiger partial charge in [0.2, 0.25) is 10.0 Å². The van der Waals surface area contributed by atoms with Crippen molar-refractivity contribution in [3.63, 3.8) is 0 Å². The van der Waals surface area contributed by atoms with Gasteiger partial charge in [-0.05, 0) is 74.5 Å². The molecule has 0 atom stereocenters. The van der Waals surface area contributed by atoms with Crippen molar-refractivity contribution in [3.8, 4) is 0 Å². The van der Waals surface area contributed by atoms with Gasteiger partial charge >= 0.3 is 0 Å². The first kappa shape index (κ1) is 23.9. The first-order valence-electron chi connectivity index (χ1n) is 12.1. The van der Waals surface area contributed by atoms with E-state index in [1.54, 1.807) is 29.4 Å². The maximum absolute atomic E-state index is 13.3. The maximum atomic E-state index is 13.3. The lowest BCUT2D eigenvalue weighted by atomic mass is 10.1. The van der Waals surface area contributed by atoms with Gasteiger partial charge in [0.1, 0.15) is 0 Å². The van der Waals surface area contributed by atoms with Crippen LogP contribution in [0, 0.1) is 6.92 Å². The van der Waals surface area contributed by atoms with E-state index in [0.29, 0.717) is 30.8 Å². The lowest BCUT2D eigenvalue weighted by Crippen LogP contribution is -2.32. The molecule has 2 heterocycles. The van der Waals surface area contributed by atoms with Crippen molar-refractivity contribution in [3.05, 3.63) is 64.7 Å². The molecule has 0 spiro atoms. The molecule has 1 amide bonds. The summed E-state index contributed by atoms with van der Waals surface area (Å²) in [6, 6.07) is 13.2. The van der Waals surface area contributed by atoms with E-state index in [0.717, 1.165) is 50.9 Å². The minimum Gasteiger partial charge on any atom is -0.348 e. The molecule has 0 bridgehead atoms. The van der Waals surface area contributed by atoms with Crippen molar-refractivity contribution in [1.82, 2.24) is 14.5 Å². The minimum absolute atomic E-state index is 0.242. The second-order valence-corrected chi connectivity index (χ2v) is 11.1. The highest BCUT2D eigenvalue weighted by atomic mass is 32.2. The van der Waals surface area contributed by atoms with Crippen molar-refractivity contribution < 1.29 is 13.2 Å². The van der Waals surface area contributed by atoms with E-state index in [9.17, 15) is 13.2 Å². The van der Waals surface area contributed by atoms with Gasteiger partial charge in [-0.1, -0.05) is 43.2 Å². The quantitative estimate of drug-likeness (QED) is 0.663. The van der Waals surface area contributed by atoms with Crippen LogP contribution in [-0.2, 0) is 23.1 Å². The number of rotatable bonds is 7. The van der Waals surface area contributed by atoms with Gasteiger partial charge in [0, 0.05) is 31.7 Å². The zero-order chi connectivity index (χ0) is 23.3. The normalized spacial score (nSPS) is 18.2. The summed E-state index contributed by atoms with van der Waals surface area (Å²) in [5, 5.41) is 3.00. The van der Waals surface area contributed by atoms with E-state index in [-0.39, 0.29) is 10.8 Å². The van der Waals surface area contributed by atoms with E-state index < -0.39 is 10.0 Å². The SMILES string of the molecule is Cc1ccc(C(=O)NCc2ccccc2CN2CCCC2)cc1S(=O)(=O)N1CCCCCC1.